The van der Waals surface area contributed by atoms with Crippen LogP contribution in [0.2, 0.25) is 0 Å². The highest BCUT2D eigenvalue weighted by Gasteiger charge is 2.32. The van der Waals surface area contributed by atoms with Crippen molar-refractivity contribution in [3.63, 3.8) is 0 Å². The summed E-state index contributed by atoms with van der Waals surface area (Å²) in [6.07, 6.45) is 3.12. The first-order valence-corrected chi connectivity index (χ1v) is 7.07. The summed E-state index contributed by atoms with van der Waals surface area (Å²) in [7, 11) is 0. The van der Waals surface area contributed by atoms with Crippen molar-refractivity contribution in [1.29, 1.82) is 0 Å². The van der Waals surface area contributed by atoms with Gasteiger partial charge in [-0.1, -0.05) is 0 Å². The largest absolute Gasteiger partial charge is 0.340 e. The van der Waals surface area contributed by atoms with Gasteiger partial charge in [-0.05, 0) is 19.8 Å². The van der Waals surface area contributed by atoms with Gasteiger partial charge in [-0.15, -0.1) is 12.4 Å². The summed E-state index contributed by atoms with van der Waals surface area (Å²) in [5.74, 6) is 2.62. The number of nitrogens with zero attached hydrogens (tertiary/aromatic N) is 1. The van der Waals surface area contributed by atoms with E-state index in [0.29, 0.717) is 24.4 Å². The second kappa shape index (κ2) is 6.72. The molecule has 1 amide bonds. The van der Waals surface area contributed by atoms with Crippen molar-refractivity contribution < 1.29 is 4.79 Å². The van der Waals surface area contributed by atoms with Gasteiger partial charge in [0, 0.05) is 43.1 Å². The van der Waals surface area contributed by atoms with Crippen LogP contribution in [0, 0.1) is 0 Å². The van der Waals surface area contributed by atoms with Crippen LogP contribution in [-0.4, -0.2) is 47.5 Å². The molecule has 1 aliphatic carbocycles. The highest BCUT2D eigenvalue weighted by Crippen LogP contribution is 2.27. The zero-order valence-corrected chi connectivity index (χ0v) is 11.4. The van der Waals surface area contributed by atoms with Crippen molar-refractivity contribution in [2.45, 2.75) is 38.3 Å². The molecule has 0 aromatic rings. The van der Waals surface area contributed by atoms with E-state index in [1.165, 1.54) is 18.6 Å². The van der Waals surface area contributed by atoms with E-state index >= 15 is 0 Å². The molecule has 94 valence electrons. The molecule has 1 atom stereocenters. The van der Waals surface area contributed by atoms with Gasteiger partial charge in [0.2, 0.25) is 5.91 Å². The second-order valence-corrected chi connectivity index (χ2v) is 5.49. The lowest BCUT2D eigenvalue weighted by Crippen LogP contribution is -2.43. The molecular weight excluding hydrogens is 244 g/mol. The fourth-order valence-corrected chi connectivity index (χ4v) is 3.05. The Bertz CT molecular complexity index is 230. The molecule has 1 N–H and O–H groups in total. The summed E-state index contributed by atoms with van der Waals surface area (Å²) in [4.78, 5) is 14.1. The Hall–Kier alpha value is 0.0700. The van der Waals surface area contributed by atoms with Crippen molar-refractivity contribution >= 4 is 30.1 Å². The molecule has 0 bridgehead atoms. The number of amides is 1. The molecule has 1 unspecified atom stereocenters. The average Bonchev–Trinajstić information content (AvgIpc) is 3.04. The van der Waals surface area contributed by atoms with Gasteiger partial charge >= 0.3 is 0 Å². The molecule has 16 heavy (non-hydrogen) atoms. The zero-order valence-electron chi connectivity index (χ0n) is 9.78. The fraction of sp³-hybridized carbons (Fsp3) is 0.909. The molecule has 1 heterocycles. The topological polar surface area (TPSA) is 32.3 Å². The maximum atomic E-state index is 12.0. The van der Waals surface area contributed by atoms with Gasteiger partial charge in [-0.3, -0.25) is 4.79 Å². The van der Waals surface area contributed by atoms with Gasteiger partial charge in [0.05, 0.1) is 0 Å². The van der Waals surface area contributed by atoms with Crippen molar-refractivity contribution in [2.75, 3.05) is 24.6 Å². The van der Waals surface area contributed by atoms with Gasteiger partial charge in [0.15, 0.2) is 0 Å². The van der Waals surface area contributed by atoms with E-state index in [1.807, 2.05) is 11.8 Å². The maximum Gasteiger partial charge on any atom is 0.224 e. The first kappa shape index (κ1) is 14.1. The number of rotatable bonds is 4. The van der Waals surface area contributed by atoms with Crippen LogP contribution in [0.25, 0.3) is 0 Å². The van der Waals surface area contributed by atoms with Crippen LogP contribution in [0.15, 0.2) is 0 Å². The van der Waals surface area contributed by atoms with Crippen LogP contribution >= 0.6 is 24.2 Å². The third-order valence-corrected chi connectivity index (χ3v) is 4.20. The average molecular weight is 265 g/mol. The van der Waals surface area contributed by atoms with Crippen LogP contribution in [0.1, 0.15) is 26.2 Å². The van der Waals surface area contributed by atoms with Crippen LogP contribution < -0.4 is 5.32 Å². The minimum absolute atomic E-state index is 0. The van der Waals surface area contributed by atoms with Gasteiger partial charge in [0.1, 0.15) is 0 Å². The molecule has 0 spiro atoms. The van der Waals surface area contributed by atoms with Gasteiger partial charge < -0.3 is 10.2 Å². The molecule has 2 fully saturated rings. The Balaban J connectivity index is 0.00000128. The molecule has 3 nitrogen and oxygen atoms in total. The predicted molar refractivity (Wildman–Crippen MR) is 71.4 cm³/mol. The Labute approximate surface area is 108 Å². The molecule has 1 saturated heterocycles. The summed E-state index contributed by atoms with van der Waals surface area (Å²) in [5, 5.41) is 3.42. The summed E-state index contributed by atoms with van der Waals surface area (Å²) < 4.78 is 0. The number of hydrogen-bond acceptors (Lipinski definition) is 3. The maximum absolute atomic E-state index is 12.0. The third kappa shape index (κ3) is 3.82. The second-order valence-electron chi connectivity index (χ2n) is 4.34. The highest BCUT2D eigenvalue weighted by atomic mass is 35.5. The number of hydrogen-bond donors (Lipinski definition) is 1. The van der Waals surface area contributed by atoms with Gasteiger partial charge in [0.25, 0.3) is 0 Å². The number of carbonyl (C=O) groups is 1. The Morgan fingerprint density at radius 3 is 2.75 bits per heavy atom. The van der Waals surface area contributed by atoms with Gasteiger partial charge in [-0.25, -0.2) is 0 Å². The lowest BCUT2D eigenvalue weighted by atomic mass is 10.2. The Morgan fingerprint density at radius 1 is 1.50 bits per heavy atom. The predicted octanol–water partition coefficient (Wildman–Crippen LogP) is 1.51. The number of nitrogens with one attached hydrogen (secondary N) is 1. The molecule has 1 saturated carbocycles. The monoisotopic (exact) mass is 264 g/mol. The molecule has 5 heteroatoms. The van der Waals surface area contributed by atoms with E-state index in [4.69, 9.17) is 0 Å². The quantitative estimate of drug-likeness (QED) is 0.836. The molecule has 0 radical (unpaired) electrons. The number of thioether (sulfide) groups is 1. The summed E-state index contributed by atoms with van der Waals surface area (Å²) in [6.45, 7) is 4.01. The molecule has 0 aromatic heterocycles. The van der Waals surface area contributed by atoms with Gasteiger partial charge in [-0.2, -0.15) is 11.8 Å². The van der Waals surface area contributed by atoms with Crippen molar-refractivity contribution in [3.05, 3.63) is 0 Å². The Morgan fingerprint density at radius 2 is 2.25 bits per heavy atom. The van der Waals surface area contributed by atoms with E-state index in [-0.39, 0.29) is 12.4 Å². The SMILES string of the molecule is CCN(C(=O)CC1CSCCN1)C1CC1.Cl. The zero-order chi connectivity index (χ0) is 10.7. The van der Waals surface area contributed by atoms with Crippen molar-refractivity contribution in [1.82, 2.24) is 10.2 Å². The summed E-state index contributed by atoms with van der Waals surface area (Å²) in [6, 6.07) is 0.975. The van der Waals surface area contributed by atoms with E-state index in [1.54, 1.807) is 0 Å². The minimum atomic E-state index is 0. The van der Waals surface area contributed by atoms with Crippen LogP contribution in [0.4, 0.5) is 0 Å². The molecule has 1 aliphatic heterocycles. The first-order chi connectivity index (χ1) is 7.31. The first-order valence-electron chi connectivity index (χ1n) is 5.92. The van der Waals surface area contributed by atoms with E-state index in [2.05, 4.69) is 17.1 Å². The van der Waals surface area contributed by atoms with E-state index in [0.717, 1.165) is 18.8 Å². The normalized spacial score (nSPS) is 24.7. The van der Waals surface area contributed by atoms with E-state index < -0.39 is 0 Å². The highest BCUT2D eigenvalue weighted by molar-refractivity contribution is 7.99. The van der Waals surface area contributed by atoms with Crippen molar-refractivity contribution in [3.8, 4) is 0 Å². The number of carbonyl (C=O) groups excluding carboxylic acids is 1. The third-order valence-electron chi connectivity index (χ3n) is 3.07. The standard InChI is InChI=1S/C11H20N2OS.ClH/c1-2-13(10-3-4-10)11(14)7-9-8-15-6-5-12-9;/h9-10,12H,2-8H2,1H3;1H. The molecule has 0 aromatic carbocycles. The molecular formula is C11H21ClN2OS. The summed E-state index contributed by atoms with van der Waals surface area (Å²) in [5.41, 5.74) is 0. The smallest absolute Gasteiger partial charge is 0.224 e. The lowest BCUT2D eigenvalue weighted by molar-refractivity contribution is -0.132. The van der Waals surface area contributed by atoms with Crippen LogP contribution in [0.5, 0.6) is 0 Å². The van der Waals surface area contributed by atoms with Crippen LogP contribution in [-0.2, 0) is 4.79 Å². The molecule has 2 rings (SSSR count). The van der Waals surface area contributed by atoms with E-state index in [9.17, 15) is 4.79 Å². The molecule has 2 aliphatic rings. The van der Waals surface area contributed by atoms with Crippen molar-refractivity contribution in [2.24, 2.45) is 0 Å². The van der Waals surface area contributed by atoms with Crippen LogP contribution in [0.3, 0.4) is 0 Å². The lowest BCUT2D eigenvalue weighted by Gasteiger charge is -2.26. The summed E-state index contributed by atoms with van der Waals surface area (Å²) >= 11 is 1.96. The minimum Gasteiger partial charge on any atom is -0.340 e. The fourth-order valence-electron chi connectivity index (χ4n) is 2.10. The Kier molecular flexibility index (Phi) is 5.94. The number of halogens is 1.